The molecule has 2 aromatic heterocycles. The highest BCUT2D eigenvalue weighted by atomic mass is 16.4. The van der Waals surface area contributed by atoms with Crippen LogP contribution in [0.3, 0.4) is 0 Å². The van der Waals surface area contributed by atoms with Crippen molar-refractivity contribution in [3.63, 3.8) is 0 Å². The van der Waals surface area contributed by atoms with E-state index in [1.165, 1.54) is 0 Å². The molecule has 0 bridgehead atoms. The average Bonchev–Trinajstić information content (AvgIpc) is 2.96. The van der Waals surface area contributed by atoms with Gasteiger partial charge in [0, 0.05) is 25.4 Å². The predicted octanol–water partition coefficient (Wildman–Crippen LogP) is 0.635. The molecule has 18 heavy (non-hydrogen) atoms. The molecule has 1 aliphatic rings. The van der Waals surface area contributed by atoms with Crippen LogP contribution >= 0.6 is 0 Å². The Morgan fingerprint density at radius 1 is 1.56 bits per heavy atom. The maximum absolute atomic E-state index is 11.1. The van der Waals surface area contributed by atoms with Gasteiger partial charge >= 0.3 is 5.97 Å². The quantitative estimate of drug-likeness (QED) is 0.856. The molecule has 7 heteroatoms. The molecule has 0 radical (unpaired) electrons. The van der Waals surface area contributed by atoms with Crippen molar-refractivity contribution in [2.75, 3.05) is 0 Å². The molecule has 0 saturated heterocycles. The van der Waals surface area contributed by atoms with Crippen LogP contribution in [0.5, 0.6) is 0 Å². The second kappa shape index (κ2) is 3.94. The molecule has 2 aromatic rings. The third kappa shape index (κ3) is 1.77. The Morgan fingerprint density at radius 3 is 2.89 bits per heavy atom. The lowest BCUT2D eigenvalue weighted by atomic mass is 10.2. The first-order valence-electron chi connectivity index (χ1n) is 5.79. The SMILES string of the molecule is Cn1ccnc1Cn1nnc(C(=O)O)c1C1CC1. The lowest BCUT2D eigenvalue weighted by Crippen LogP contribution is -2.11. The molecule has 2 heterocycles. The van der Waals surface area contributed by atoms with E-state index in [1.54, 1.807) is 10.9 Å². The Hall–Kier alpha value is -2.18. The predicted molar refractivity (Wildman–Crippen MR) is 61.3 cm³/mol. The van der Waals surface area contributed by atoms with Crippen molar-refractivity contribution in [2.24, 2.45) is 7.05 Å². The van der Waals surface area contributed by atoms with Crippen LogP contribution in [-0.4, -0.2) is 35.6 Å². The van der Waals surface area contributed by atoms with E-state index in [-0.39, 0.29) is 11.6 Å². The molecule has 0 aliphatic heterocycles. The van der Waals surface area contributed by atoms with E-state index in [4.69, 9.17) is 5.11 Å². The van der Waals surface area contributed by atoms with Crippen molar-refractivity contribution < 1.29 is 9.90 Å². The van der Waals surface area contributed by atoms with Crippen molar-refractivity contribution in [3.05, 3.63) is 29.6 Å². The van der Waals surface area contributed by atoms with Gasteiger partial charge in [-0.05, 0) is 12.8 Å². The van der Waals surface area contributed by atoms with Gasteiger partial charge in [0.25, 0.3) is 0 Å². The Labute approximate surface area is 103 Å². The van der Waals surface area contributed by atoms with Crippen LogP contribution in [-0.2, 0) is 13.6 Å². The zero-order valence-electron chi connectivity index (χ0n) is 9.94. The van der Waals surface area contributed by atoms with Gasteiger partial charge in [-0.1, -0.05) is 5.21 Å². The highest BCUT2D eigenvalue weighted by Crippen LogP contribution is 2.41. The van der Waals surface area contributed by atoms with Gasteiger partial charge in [-0.2, -0.15) is 0 Å². The largest absolute Gasteiger partial charge is 0.476 e. The Kier molecular flexibility index (Phi) is 2.39. The van der Waals surface area contributed by atoms with Crippen LogP contribution in [0.4, 0.5) is 0 Å². The van der Waals surface area contributed by atoms with Gasteiger partial charge in [0.2, 0.25) is 0 Å². The van der Waals surface area contributed by atoms with Crippen LogP contribution in [0.15, 0.2) is 12.4 Å². The number of imidazole rings is 1. The molecule has 1 N–H and O–H groups in total. The molecule has 3 rings (SSSR count). The van der Waals surface area contributed by atoms with Crippen LogP contribution in [0.2, 0.25) is 0 Å². The maximum Gasteiger partial charge on any atom is 0.358 e. The minimum absolute atomic E-state index is 0.0757. The van der Waals surface area contributed by atoms with E-state index < -0.39 is 5.97 Å². The summed E-state index contributed by atoms with van der Waals surface area (Å²) >= 11 is 0. The fourth-order valence-corrected chi connectivity index (χ4v) is 2.03. The highest BCUT2D eigenvalue weighted by Gasteiger charge is 2.33. The van der Waals surface area contributed by atoms with Gasteiger partial charge in [0.1, 0.15) is 12.4 Å². The third-order valence-corrected chi connectivity index (χ3v) is 3.15. The topological polar surface area (TPSA) is 85.8 Å². The van der Waals surface area contributed by atoms with Crippen molar-refractivity contribution in [3.8, 4) is 0 Å². The van der Waals surface area contributed by atoms with Gasteiger partial charge in [-0.25, -0.2) is 14.5 Å². The molecule has 0 unspecified atom stereocenters. The van der Waals surface area contributed by atoms with Crippen LogP contribution < -0.4 is 0 Å². The van der Waals surface area contributed by atoms with Crippen LogP contribution in [0, 0.1) is 0 Å². The minimum Gasteiger partial charge on any atom is -0.476 e. The number of carbonyl (C=O) groups is 1. The number of hydrogen-bond acceptors (Lipinski definition) is 4. The van der Waals surface area contributed by atoms with Gasteiger partial charge in [0.15, 0.2) is 5.69 Å². The summed E-state index contributed by atoms with van der Waals surface area (Å²) in [7, 11) is 1.90. The number of carboxylic acid groups (broad SMARTS) is 1. The van der Waals surface area contributed by atoms with Crippen molar-refractivity contribution >= 4 is 5.97 Å². The van der Waals surface area contributed by atoms with E-state index in [2.05, 4.69) is 15.3 Å². The summed E-state index contributed by atoms with van der Waals surface area (Å²) in [6, 6.07) is 0. The van der Waals surface area contributed by atoms with Gasteiger partial charge < -0.3 is 9.67 Å². The smallest absolute Gasteiger partial charge is 0.358 e. The zero-order chi connectivity index (χ0) is 12.7. The van der Waals surface area contributed by atoms with E-state index in [9.17, 15) is 4.79 Å². The first-order chi connectivity index (χ1) is 8.66. The van der Waals surface area contributed by atoms with E-state index >= 15 is 0 Å². The van der Waals surface area contributed by atoms with Gasteiger partial charge in [-0.15, -0.1) is 5.10 Å². The summed E-state index contributed by atoms with van der Waals surface area (Å²) in [6.07, 6.45) is 5.57. The van der Waals surface area contributed by atoms with Crippen LogP contribution in [0.25, 0.3) is 0 Å². The highest BCUT2D eigenvalue weighted by molar-refractivity contribution is 5.86. The third-order valence-electron chi connectivity index (χ3n) is 3.15. The van der Waals surface area contributed by atoms with E-state index in [1.807, 2.05) is 17.8 Å². The van der Waals surface area contributed by atoms with Crippen molar-refractivity contribution in [1.82, 2.24) is 24.5 Å². The molecule has 1 saturated carbocycles. The molecular formula is C11H13N5O2. The Morgan fingerprint density at radius 2 is 2.33 bits per heavy atom. The van der Waals surface area contributed by atoms with Crippen molar-refractivity contribution in [1.29, 1.82) is 0 Å². The number of nitrogens with zero attached hydrogens (tertiary/aromatic N) is 5. The summed E-state index contributed by atoms with van der Waals surface area (Å²) in [4.78, 5) is 15.3. The second-order valence-corrected chi connectivity index (χ2v) is 4.51. The monoisotopic (exact) mass is 247 g/mol. The lowest BCUT2D eigenvalue weighted by Gasteiger charge is -2.05. The Bertz CT molecular complexity index is 596. The summed E-state index contributed by atoms with van der Waals surface area (Å²) in [5.41, 5.74) is 0.803. The average molecular weight is 247 g/mol. The molecule has 0 amide bonds. The summed E-state index contributed by atoms with van der Waals surface area (Å²) in [5, 5.41) is 16.8. The first-order valence-corrected chi connectivity index (χ1v) is 5.79. The number of hydrogen-bond donors (Lipinski definition) is 1. The van der Waals surface area contributed by atoms with Crippen LogP contribution in [0.1, 0.15) is 40.8 Å². The number of aromatic nitrogens is 5. The maximum atomic E-state index is 11.1. The molecule has 0 spiro atoms. The Balaban J connectivity index is 1.97. The molecule has 0 atom stereocenters. The number of aryl methyl sites for hydroxylation is 1. The molecule has 1 aliphatic carbocycles. The fraction of sp³-hybridized carbons (Fsp3) is 0.455. The van der Waals surface area contributed by atoms with Gasteiger partial charge in [0.05, 0.1) is 5.69 Å². The lowest BCUT2D eigenvalue weighted by molar-refractivity contribution is 0.0689. The number of carboxylic acids is 1. The summed E-state index contributed by atoms with van der Waals surface area (Å²) < 4.78 is 3.54. The second-order valence-electron chi connectivity index (χ2n) is 4.51. The van der Waals surface area contributed by atoms with Crippen molar-refractivity contribution in [2.45, 2.75) is 25.3 Å². The molecule has 0 aromatic carbocycles. The molecule has 1 fully saturated rings. The molecular weight excluding hydrogens is 234 g/mol. The summed E-state index contributed by atoms with van der Waals surface area (Å²) in [6.45, 7) is 0.454. The zero-order valence-corrected chi connectivity index (χ0v) is 9.94. The first kappa shape index (κ1) is 10.9. The fourth-order valence-electron chi connectivity index (χ4n) is 2.03. The molecule has 7 nitrogen and oxygen atoms in total. The number of aromatic carboxylic acids is 1. The molecule has 94 valence electrons. The standard InChI is InChI=1S/C11H13N5O2/c1-15-5-4-12-8(15)6-16-10(7-2-3-7)9(11(17)18)13-14-16/h4-5,7H,2-3,6H2,1H3,(H,17,18). The normalized spacial score (nSPS) is 14.9. The number of rotatable bonds is 4. The summed E-state index contributed by atoms with van der Waals surface area (Å²) in [5.74, 6) is 0.105. The van der Waals surface area contributed by atoms with Gasteiger partial charge in [-0.3, -0.25) is 0 Å². The minimum atomic E-state index is -1.01. The van der Waals surface area contributed by atoms with E-state index in [0.717, 1.165) is 24.4 Å². The van der Waals surface area contributed by atoms with E-state index in [0.29, 0.717) is 6.54 Å².